The van der Waals surface area contributed by atoms with Gasteiger partial charge in [-0.15, -0.1) is 0 Å². The molecule has 0 amide bonds. The molecule has 0 saturated heterocycles. The summed E-state index contributed by atoms with van der Waals surface area (Å²) in [6.07, 6.45) is 7.20. The Balaban J connectivity index is 1.49. The summed E-state index contributed by atoms with van der Waals surface area (Å²) in [6.45, 7) is 0.749. The van der Waals surface area contributed by atoms with Crippen molar-refractivity contribution in [3.63, 3.8) is 0 Å². The number of hydrogen-bond acceptors (Lipinski definition) is 6. The molecule has 0 spiro atoms. The molecule has 5 heterocycles. The number of aromatic amines is 2. The summed E-state index contributed by atoms with van der Waals surface area (Å²) in [4.78, 5) is 12.3. The predicted octanol–water partition coefficient (Wildman–Crippen LogP) is 3.99. The molecule has 1 atom stereocenters. The second-order valence-corrected chi connectivity index (χ2v) is 7.70. The Labute approximate surface area is 181 Å². The lowest BCUT2D eigenvalue weighted by atomic mass is 10.0. The van der Waals surface area contributed by atoms with Crippen LogP contribution < -0.4 is 10.2 Å². The molecule has 0 saturated carbocycles. The SMILES string of the molecule is COc1cc(F)cc(-c2cncc3[nH]c(-c4[nH]nc5ncc(C6C=NNC6)cc45)cc23)c1. The zero-order chi connectivity index (χ0) is 21.7. The first-order valence-corrected chi connectivity index (χ1v) is 10.1. The van der Waals surface area contributed by atoms with Crippen molar-refractivity contribution in [1.82, 2.24) is 30.6 Å². The van der Waals surface area contributed by atoms with Crippen molar-refractivity contribution in [2.24, 2.45) is 5.10 Å². The molecule has 1 aliphatic heterocycles. The summed E-state index contributed by atoms with van der Waals surface area (Å²) in [5.41, 5.74) is 8.69. The van der Waals surface area contributed by atoms with E-state index in [1.54, 1.807) is 18.5 Å². The Morgan fingerprint density at radius 2 is 2.00 bits per heavy atom. The fraction of sp³-hybridized carbons (Fsp3) is 0.130. The zero-order valence-corrected chi connectivity index (χ0v) is 17.1. The molecule has 0 bridgehead atoms. The van der Waals surface area contributed by atoms with Gasteiger partial charge in [0.05, 0.1) is 30.2 Å². The van der Waals surface area contributed by atoms with Crippen LogP contribution >= 0.6 is 0 Å². The number of nitrogens with zero attached hydrogens (tertiary/aromatic N) is 4. The third kappa shape index (κ3) is 2.97. The maximum absolute atomic E-state index is 14.1. The van der Waals surface area contributed by atoms with Gasteiger partial charge in [0.2, 0.25) is 0 Å². The Bertz CT molecular complexity index is 1500. The van der Waals surface area contributed by atoms with E-state index in [4.69, 9.17) is 4.74 Å². The van der Waals surface area contributed by atoms with Gasteiger partial charge in [0, 0.05) is 53.5 Å². The van der Waals surface area contributed by atoms with Crippen LogP contribution in [0.25, 0.3) is 44.5 Å². The molecule has 5 aromatic rings. The summed E-state index contributed by atoms with van der Waals surface area (Å²) in [5, 5.41) is 13.4. The minimum atomic E-state index is -0.366. The molecule has 6 rings (SSSR count). The third-order valence-electron chi connectivity index (χ3n) is 5.75. The number of hydrogen-bond donors (Lipinski definition) is 3. The van der Waals surface area contributed by atoms with E-state index in [-0.39, 0.29) is 11.7 Å². The second kappa shape index (κ2) is 7.16. The summed E-state index contributed by atoms with van der Waals surface area (Å²) < 4.78 is 19.4. The predicted molar refractivity (Wildman–Crippen MR) is 120 cm³/mol. The highest BCUT2D eigenvalue weighted by Crippen LogP contribution is 2.35. The van der Waals surface area contributed by atoms with Crippen molar-refractivity contribution in [1.29, 1.82) is 0 Å². The maximum atomic E-state index is 14.1. The van der Waals surface area contributed by atoms with Crippen molar-refractivity contribution in [2.45, 2.75) is 5.92 Å². The zero-order valence-electron chi connectivity index (χ0n) is 17.1. The van der Waals surface area contributed by atoms with Crippen LogP contribution in [0, 0.1) is 5.82 Å². The maximum Gasteiger partial charge on any atom is 0.181 e. The fourth-order valence-electron chi connectivity index (χ4n) is 4.13. The number of rotatable bonds is 4. The van der Waals surface area contributed by atoms with Gasteiger partial charge >= 0.3 is 0 Å². The van der Waals surface area contributed by atoms with Crippen molar-refractivity contribution in [3.8, 4) is 28.3 Å². The number of benzene rings is 1. The molecule has 1 aliphatic rings. The highest BCUT2D eigenvalue weighted by atomic mass is 19.1. The van der Waals surface area contributed by atoms with Gasteiger partial charge in [-0.25, -0.2) is 9.37 Å². The first-order valence-electron chi connectivity index (χ1n) is 10.1. The highest BCUT2D eigenvalue weighted by molar-refractivity contribution is 6.00. The van der Waals surface area contributed by atoms with E-state index in [1.807, 2.05) is 18.5 Å². The van der Waals surface area contributed by atoms with Crippen LogP contribution in [-0.2, 0) is 0 Å². The van der Waals surface area contributed by atoms with Crippen LogP contribution in [0.15, 0.2) is 54.0 Å². The topological polar surface area (TPSA) is 104 Å². The van der Waals surface area contributed by atoms with Gasteiger partial charge in [-0.3, -0.25) is 10.1 Å². The van der Waals surface area contributed by atoms with E-state index in [1.165, 1.54) is 19.2 Å². The Morgan fingerprint density at radius 3 is 2.84 bits per heavy atom. The van der Waals surface area contributed by atoms with Crippen LogP contribution in [0.3, 0.4) is 0 Å². The van der Waals surface area contributed by atoms with Crippen LogP contribution in [0.1, 0.15) is 11.5 Å². The average Bonchev–Trinajstić information content (AvgIpc) is 3.56. The number of fused-ring (bicyclic) bond motifs is 2. The molecule has 4 aromatic heterocycles. The smallest absolute Gasteiger partial charge is 0.181 e. The van der Waals surface area contributed by atoms with Crippen LogP contribution in [0.5, 0.6) is 5.75 Å². The molecule has 0 fully saturated rings. The summed E-state index contributed by atoms with van der Waals surface area (Å²) >= 11 is 0. The number of H-pyrrole nitrogens is 2. The van der Waals surface area contributed by atoms with Gasteiger partial charge in [-0.1, -0.05) is 0 Å². The van der Waals surface area contributed by atoms with Gasteiger partial charge < -0.3 is 15.1 Å². The largest absolute Gasteiger partial charge is 0.497 e. The normalized spacial score (nSPS) is 15.5. The molecular formula is C23H18FN7O. The minimum absolute atomic E-state index is 0.177. The van der Waals surface area contributed by atoms with E-state index >= 15 is 0 Å². The first kappa shape index (κ1) is 18.5. The highest BCUT2D eigenvalue weighted by Gasteiger charge is 2.18. The summed E-state index contributed by atoms with van der Waals surface area (Å²) in [7, 11) is 1.52. The Morgan fingerprint density at radius 1 is 1.06 bits per heavy atom. The number of nitrogens with one attached hydrogen (secondary N) is 3. The lowest BCUT2D eigenvalue weighted by Gasteiger charge is -2.06. The first-order chi connectivity index (χ1) is 15.7. The molecule has 9 heteroatoms. The van der Waals surface area contributed by atoms with Gasteiger partial charge in [0.15, 0.2) is 5.65 Å². The van der Waals surface area contributed by atoms with Gasteiger partial charge in [-0.05, 0) is 35.4 Å². The average molecular weight is 427 g/mol. The monoisotopic (exact) mass is 427 g/mol. The standard InChI is InChI=1S/C23H18FN7O/c1-32-16-3-12(2-15(24)5-16)19-10-25-11-21-17(19)6-20(29-21)22-18-4-13(14-8-27-28-9-14)7-26-23(18)31-30-22/h2-8,10-11,14,28-29H,9H2,1H3,(H,26,30,31). The molecule has 158 valence electrons. The molecule has 0 radical (unpaired) electrons. The summed E-state index contributed by atoms with van der Waals surface area (Å²) in [5.74, 6) is 0.266. The lowest BCUT2D eigenvalue weighted by Crippen LogP contribution is -2.08. The summed E-state index contributed by atoms with van der Waals surface area (Å²) in [6, 6.07) is 8.73. The minimum Gasteiger partial charge on any atom is -0.497 e. The number of aromatic nitrogens is 5. The molecule has 3 N–H and O–H groups in total. The van der Waals surface area contributed by atoms with Crippen LogP contribution in [0.2, 0.25) is 0 Å². The van der Waals surface area contributed by atoms with Gasteiger partial charge in [0.25, 0.3) is 0 Å². The van der Waals surface area contributed by atoms with E-state index in [9.17, 15) is 4.39 Å². The lowest BCUT2D eigenvalue weighted by molar-refractivity contribution is 0.411. The molecule has 1 aromatic carbocycles. The third-order valence-corrected chi connectivity index (χ3v) is 5.75. The Hall–Kier alpha value is -4.27. The number of ether oxygens (including phenoxy) is 1. The molecule has 8 nitrogen and oxygen atoms in total. The number of halogens is 1. The van der Waals surface area contributed by atoms with E-state index in [2.05, 4.69) is 41.7 Å². The van der Waals surface area contributed by atoms with Crippen molar-refractivity contribution < 1.29 is 9.13 Å². The number of pyridine rings is 2. The van der Waals surface area contributed by atoms with Crippen molar-refractivity contribution >= 4 is 28.2 Å². The van der Waals surface area contributed by atoms with E-state index < -0.39 is 0 Å². The Kier molecular flexibility index (Phi) is 4.14. The van der Waals surface area contributed by atoms with Gasteiger partial charge in [-0.2, -0.15) is 10.2 Å². The molecule has 1 unspecified atom stereocenters. The molecular weight excluding hydrogens is 409 g/mol. The van der Waals surface area contributed by atoms with E-state index in [0.29, 0.717) is 17.0 Å². The van der Waals surface area contributed by atoms with Crippen molar-refractivity contribution in [3.05, 3.63) is 60.3 Å². The second-order valence-electron chi connectivity index (χ2n) is 7.70. The van der Waals surface area contributed by atoms with Crippen LogP contribution in [-0.4, -0.2) is 45.0 Å². The van der Waals surface area contributed by atoms with Crippen molar-refractivity contribution in [2.75, 3.05) is 13.7 Å². The van der Waals surface area contributed by atoms with Crippen LogP contribution in [0.4, 0.5) is 4.39 Å². The number of methoxy groups -OCH3 is 1. The fourth-order valence-corrected chi connectivity index (χ4v) is 4.13. The van der Waals surface area contributed by atoms with Gasteiger partial charge in [0.1, 0.15) is 11.6 Å². The molecule has 32 heavy (non-hydrogen) atoms. The number of hydrazone groups is 1. The van der Waals surface area contributed by atoms with E-state index in [0.717, 1.165) is 45.3 Å². The molecule has 0 aliphatic carbocycles. The quantitative estimate of drug-likeness (QED) is 0.402.